The van der Waals surface area contributed by atoms with Gasteiger partial charge in [0, 0.05) is 31.0 Å². The second-order valence-electron chi connectivity index (χ2n) is 6.27. The molecule has 5 nitrogen and oxygen atoms in total. The number of piperidine rings is 1. The average molecular weight is 324 g/mol. The van der Waals surface area contributed by atoms with Gasteiger partial charge in [0.2, 0.25) is 0 Å². The van der Waals surface area contributed by atoms with Crippen LogP contribution >= 0.6 is 0 Å². The Balaban J connectivity index is 2.36. The molecular formula is C16H24N2O3S. The standard InChI is InChI=1S/C16H24N2O3S/c1-11-6-7-18(13(8-11)10-17)16(19)15-9-14(22(3,20)21)5-4-12(15)2/h4-5,9,11,13H,6-8,10,17H2,1-3H3. The fraction of sp³-hybridized carbons (Fsp3) is 0.562. The van der Waals surface area contributed by atoms with E-state index in [4.69, 9.17) is 5.73 Å². The highest BCUT2D eigenvalue weighted by Crippen LogP contribution is 2.25. The number of nitrogens with two attached hydrogens (primary N) is 1. The summed E-state index contributed by atoms with van der Waals surface area (Å²) in [7, 11) is -3.33. The zero-order chi connectivity index (χ0) is 16.5. The van der Waals surface area contributed by atoms with Crippen LogP contribution in [0.15, 0.2) is 23.1 Å². The molecule has 0 aliphatic carbocycles. The van der Waals surface area contributed by atoms with E-state index in [0.717, 1.165) is 24.7 Å². The van der Waals surface area contributed by atoms with Crippen molar-refractivity contribution in [2.45, 2.75) is 37.6 Å². The van der Waals surface area contributed by atoms with Crippen molar-refractivity contribution in [1.82, 2.24) is 4.90 Å². The Morgan fingerprint density at radius 3 is 2.68 bits per heavy atom. The number of likely N-dealkylation sites (tertiary alicyclic amines) is 1. The SMILES string of the molecule is Cc1ccc(S(C)(=O)=O)cc1C(=O)N1CCC(C)CC1CN. The Morgan fingerprint density at radius 2 is 2.09 bits per heavy atom. The van der Waals surface area contributed by atoms with Gasteiger partial charge < -0.3 is 10.6 Å². The van der Waals surface area contributed by atoms with Crippen molar-refractivity contribution in [3.05, 3.63) is 29.3 Å². The van der Waals surface area contributed by atoms with Gasteiger partial charge in [-0.25, -0.2) is 8.42 Å². The molecule has 1 heterocycles. The van der Waals surface area contributed by atoms with Crippen LogP contribution < -0.4 is 5.73 Å². The van der Waals surface area contributed by atoms with Crippen LogP contribution in [0, 0.1) is 12.8 Å². The summed E-state index contributed by atoms with van der Waals surface area (Å²) in [5, 5.41) is 0. The highest BCUT2D eigenvalue weighted by molar-refractivity contribution is 7.90. The summed E-state index contributed by atoms with van der Waals surface area (Å²) < 4.78 is 23.4. The molecule has 1 aromatic carbocycles. The van der Waals surface area contributed by atoms with E-state index < -0.39 is 9.84 Å². The zero-order valence-electron chi connectivity index (χ0n) is 13.4. The minimum Gasteiger partial charge on any atom is -0.334 e. The van der Waals surface area contributed by atoms with Crippen LogP contribution in [0.2, 0.25) is 0 Å². The molecule has 0 spiro atoms. The van der Waals surface area contributed by atoms with Gasteiger partial charge in [0.05, 0.1) is 4.90 Å². The number of aryl methyl sites for hydroxylation is 1. The first-order chi connectivity index (χ1) is 10.2. The van der Waals surface area contributed by atoms with E-state index in [1.807, 2.05) is 6.92 Å². The zero-order valence-corrected chi connectivity index (χ0v) is 14.2. The third-order valence-electron chi connectivity index (χ3n) is 4.38. The molecule has 1 amide bonds. The van der Waals surface area contributed by atoms with Crippen molar-refractivity contribution in [3.8, 4) is 0 Å². The van der Waals surface area contributed by atoms with Crippen molar-refractivity contribution in [3.63, 3.8) is 0 Å². The summed E-state index contributed by atoms with van der Waals surface area (Å²) in [5.41, 5.74) is 7.06. The van der Waals surface area contributed by atoms with Gasteiger partial charge >= 0.3 is 0 Å². The Kier molecular flexibility index (Phi) is 4.92. The van der Waals surface area contributed by atoms with E-state index in [1.165, 1.54) is 6.07 Å². The van der Waals surface area contributed by atoms with Crippen molar-refractivity contribution in [1.29, 1.82) is 0 Å². The molecule has 6 heteroatoms. The maximum absolute atomic E-state index is 12.9. The number of rotatable bonds is 3. The molecule has 22 heavy (non-hydrogen) atoms. The van der Waals surface area contributed by atoms with E-state index in [0.29, 0.717) is 24.6 Å². The quantitative estimate of drug-likeness (QED) is 0.916. The molecule has 1 aliphatic rings. The largest absolute Gasteiger partial charge is 0.334 e. The van der Waals surface area contributed by atoms with Gasteiger partial charge in [0.15, 0.2) is 9.84 Å². The highest BCUT2D eigenvalue weighted by atomic mass is 32.2. The molecule has 1 aromatic rings. The topological polar surface area (TPSA) is 80.5 Å². The summed E-state index contributed by atoms with van der Waals surface area (Å²) in [6.07, 6.45) is 3.00. The van der Waals surface area contributed by atoms with Gasteiger partial charge in [0.25, 0.3) is 5.91 Å². The van der Waals surface area contributed by atoms with Gasteiger partial charge in [-0.1, -0.05) is 13.0 Å². The van der Waals surface area contributed by atoms with Crippen LogP contribution in [-0.4, -0.2) is 44.6 Å². The number of carbonyl (C=O) groups is 1. The predicted octanol–water partition coefficient (Wildman–Crippen LogP) is 1.60. The van der Waals surface area contributed by atoms with Crippen molar-refractivity contribution in [2.75, 3.05) is 19.3 Å². The second kappa shape index (κ2) is 6.38. The lowest BCUT2D eigenvalue weighted by molar-refractivity contribution is 0.0572. The summed E-state index contributed by atoms with van der Waals surface area (Å²) in [6, 6.07) is 4.74. The Bertz CT molecular complexity index is 670. The number of hydrogen-bond acceptors (Lipinski definition) is 4. The minimum atomic E-state index is -3.33. The highest BCUT2D eigenvalue weighted by Gasteiger charge is 2.30. The fourth-order valence-electron chi connectivity index (χ4n) is 2.96. The van der Waals surface area contributed by atoms with Gasteiger partial charge in [-0.15, -0.1) is 0 Å². The molecule has 1 fully saturated rings. The molecule has 2 N–H and O–H groups in total. The maximum atomic E-state index is 12.9. The first-order valence-electron chi connectivity index (χ1n) is 7.55. The molecular weight excluding hydrogens is 300 g/mol. The lowest BCUT2D eigenvalue weighted by Crippen LogP contribution is -2.49. The number of carbonyl (C=O) groups excluding carboxylic acids is 1. The first-order valence-corrected chi connectivity index (χ1v) is 9.45. The normalized spacial score (nSPS) is 22.6. The van der Waals surface area contributed by atoms with E-state index in [-0.39, 0.29) is 16.8 Å². The number of hydrogen-bond donors (Lipinski definition) is 1. The molecule has 2 unspecified atom stereocenters. The Labute approximate surface area is 132 Å². The number of nitrogens with zero attached hydrogens (tertiary/aromatic N) is 1. The summed E-state index contributed by atoms with van der Waals surface area (Å²) in [4.78, 5) is 14.8. The van der Waals surface area contributed by atoms with Crippen molar-refractivity contribution >= 4 is 15.7 Å². The molecule has 0 aromatic heterocycles. The smallest absolute Gasteiger partial charge is 0.254 e. The summed E-state index contributed by atoms with van der Waals surface area (Å²) in [6.45, 7) is 5.09. The number of sulfone groups is 1. The molecule has 2 rings (SSSR count). The second-order valence-corrected chi connectivity index (χ2v) is 8.28. The Morgan fingerprint density at radius 1 is 1.41 bits per heavy atom. The Hall–Kier alpha value is -1.40. The monoisotopic (exact) mass is 324 g/mol. The van der Waals surface area contributed by atoms with Crippen LogP contribution in [0.1, 0.15) is 35.7 Å². The molecule has 122 valence electrons. The summed E-state index contributed by atoms with van der Waals surface area (Å²) >= 11 is 0. The van der Waals surface area contributed by atoms with Crippen LogP contribution in [0.25, 0.3) is 0 Å². The van der Waals surface area contributed by atoms with Crippen LogP contribution in [0.3, 0.4) is 0 Å². The predicted molar refractivity (Wildman–Crippen MR) is 86.6 cm³/mol. The van der Waals surface area contributed by atoms with Crippen LogP contribution in [-0.2, 0) is 9.84 Å². The summed E-state index contributed by atoms with van der Waals surface area (Å²) in [5.74, 6) is 0.436. The molecule has 1 saturated heterocycles. The minimum absolute atomic E-state index is 0.0255. The lowest BCUT2D eigenvalue weighted by Gasteiger charge is -2.38. The molecule has 2 atom stereocenters. The van der Waals surface area contributed by atoms with Crippen LogP contribution in [0.5, 0.6) is 0 Å². The van der Waals surface area contributed by atoms with E-state index in [2.05, 4.69) is 6.92 Å². The molecule has 0 bridgehead atoms. The molecule has 0 radical (unpaired) electrons. The van der Waals surface area contributed by atoms with Gasteiger partial charge in [-0.3, -0.25) is 4.79 Å². The average Bonchev–Trinajstić information content (AvgIpc) is 2.45. The third kappa shape index (κ3) is 3.50. The molecule has 0 saturated carbocycles. The number of benzene rings is 1. The van der Waals surface area contributed by atoms with E-state index in [1.54, 1.807) is 17.0 Å². The maximum Gasteiger partial charge on any atom is 0.254 e. The van der Waals surface area contributed by atoms with Crippen molar-refractivity contribution < 1.29 is 13.2 Å². The first kappa shape index (κ1) is 17.0. The fourth-order valence-corrected chi connectivity index (χ4v) is 3.61. The van der Waals surface area contributed by atoms with Gasteiger partial charge in [-0.05, 0) is 43.4 Å². The van der Waals surface area contributed by atoms with Crippen molar-refractivity contribution in [2.24, 2.45) is 11.7 Å². The van der Waals surface area contributed by atoms with E-state index >= 15 is 0 Å². The third-order valence-corrected chi connectivity index (χ3v) is 5.49. The molecule has 1 aliphatic heterocycles. The number of amides is 1. The van der Waals surface area contributed by atoms with E-state index in [9.17, 15) is 13.2 Å². The van der Waals surface area contributed by atoms with Gasteiger partial charge in [0.1, 0.15) is 0 Å². The van der Waals surface area contributed by atoms with Crippen LogP contribution in [0.4, 0.5) is 0 Å². The van der Waals surface area contributed by atoms with Gasteiger partial charge in [-0.2, -0.15) is 0 Å². The lowest BCUT2D eigenvalue weighted by atomic mass is 9.91.